The number of halogens is 1. The van der Waals surface area contributed by atoms with E-state index in [4.69, 9.17) is 4.74 Å². The summed E-state index contributed by atoms with van der Waals surface area (Å²) in [5, 5.41) is 2.40. The minimum atomic E-state index is -4.01. The molecule has 7 nitrogen and oxygen atoms in total. The van der Waals surface area contributed by atoms with Gasteiger partial charge in [-0.1, -0.05) is 18.2 Å². The van der Waals surface area contributed by atoms with Crippen LogP contribution in [0.25, 0.3) is 0 Å². The van der Waals surface area contributed by atoms with Crippen LogP contribution in [0.3, 0.4) is 0 Å². The molecule has 162 valence electrons. The summed E-state index contributed by atoms with van der Waals surface area (Å²) in [6.45, 7) is 0.910. The van der Waals surface area contributed by atoms with Crippen molar-refractivity contribution in [3.8, 4) is 0 Å². The Kier molecular flexibility index (Phi) is 5.35. The maximum Gasteiger partial charge on any atom is 0.338 e. The van der Waals surface area contributed by atoms with Crippen LogP contribution in [0.5, 0.6) is 0 Å². The number of anilines is 1. The van der Waals surface area contributed by atoms with Crippen LogP contribution in [0.2, 0.25) is 0 Å². The summed E-state index contributed by atoms with van der Waals surface area (Å²) in [4.78, 5) is 36.6. The Morgan fingerprint density at radius 1 is 0.969 bits per heavy atom. The van der Waals surface area contributed by atoms with Gasteiger partial charge >= 0.3 is 5.97 Å². The molecule has 9 heteroatoms. The second kappa shape index (κ2) is 8.01. The number of sulfone groups is 1. The summed E-state index contributed by atoms with van der Waals surface area (Å²) >= 11 is 0. The predicted molar refractivity (Wildman–Crippen MR) is 112 cm³/mol. The number of benzene rings is 3. The number of carbonyl (C=O) groups is 3. The van der Waals surface area contributed by atoms with E-state index in [0.717, 1.165) is 12.1 Å². The minimum absolute atomic E-state index is 0.0422. The summed E-state index contributed by atoms with van der Waals surface area (Å²) in [5.74, 6) is -2.60. The van der Waals surface area contributed by atoms with Crippen LogP contribution in [0, 0.1) is 12.7 Å². The Balaban J connectivity index is 1.51. The van der Waals surface area contributed by atoms with E-state index < -0.39 is 39.9 Å². The van der Waals surface area contributed by atoms with E-state index in [0.29, 0.717) is 5.56 Å². The Morgan fingerprint density at radius 2 is 1.69 bits per heavy atom. The van der Waals surface area contributed by atoms with Crippen LogP contribution < -0.4 is 5.32 Å². The van der Waals surface area contributed by atoms with E-state index in [1.807, 2.05) is 0 Å². The molecular weight excluding hydrogens is 437 g/mol. The highest BCUT2D eigenvalue weighted by atomic mass is 32.2. The molecule has 1 amide bonds. The van der Waals surface area contributed by atoms with Gasteiger partial charge in [-0.05, 0) is 55.0 Å². The predicted octanol–water partition coefficient (Wildman–Crippen LogP) is 3.31. The molecule has 1 aliphatic rings. The molecule has 1 heterocycles. The number of hydrogen-bond acceptors (Lipinski definition) is 6. The van der Waals surface area contributed by atoms with Gasteiger partial charge in [0.15, 0.2) is 12.4 Å². The highest BCUT2D eigenvalue weighted by molar-refractivity contribution is 7.91. The molecule has 0 unspecified atom stereocenters. The van der Waals surface area contributed by atoms with Gasteiger partial charge < -0.3 is 10.1 Å². The van der Waals surface area contributed by atoms with Crippen LogP contribution in [0.4, 0.5) is 10.1 Å². The molecule has 0 radical (unpaired) electrons. The SMILES string of the molecule is Cc1ccc(NC(=O)COC(=O)c2ccc3c(c2)S(=O)(=O)c2ccccc2C3=O)cc1F. The summed E-state index contributed by atoms with van der Waals surface area (Å²) in [7, 11) is -4.01. The molecule has 3 aromatic carbocycles. The normalized spacial score (nSPS) is 13.6. The van der Waals surface area contributed by atoms with E-state index >= 15 is 0 Å². The third kappa shape index (κ3) is 3.78. The number of ether oxygens (including phenoxy) is 1. The number of esters is 1. The number of nitrogens with one attached hydrogen (secondary N) is 1. The number of hydrogen-bond donors (Lipinski definition) is 1. The Labute approximate surface area is 182 Å². The molecular formula is C23H16FNO6S. The fourth-order valence-corrected chi connectivity index (χ4v) is 4.97. The molecule has 0 saturated carbocycles. The van der Waals surface area contributed by atoms with Crippen LogP contribution in [-0.2, 0) is 19.4 Å². The molecule has 3 aromatic rings. The summed E-state index contributed by atoms with van der Waals surface area (Å²) in [5.41, 5.74) is 0.511. The number of fused-ring (bicyclic) bond motifs is 2. The van der Waals surface area contributed by atoms with Gasteiger partial charge in [-0.2, -0.15) is 0 Å². The monoisotopic (exact) mass is 453 g/mol. The van der Waals surface area contributed by atoms with E-state index in [1.54, 1.807) is 13.0 Å². The molecule has 0 spiro atoms. The quantitative estimate of drug-likeness (QED) is 0.475. The van der Waals surface area contributed by atoms with Gasteiger partial charge in [0.1, 0.15) is 5.82 Å². The Morgan fingerprint density at radius 3 is 2.44 bits per heavy atom. The molecule has 0 aliphatic carbocycles. The zero-order valence-corrected chi connectivity index (χ0v) is 17.5. The lowest BCUT2D eigenvalue weighted by Crippen LogP contribution is -2.23. The molecule has 0 atom stereocenters. The van der Waals surface area contributed by atoms with Crippen molar-refractivity contribution in [2.45, 2.75) is 16.7 Å². The largest absolute Gasteiger partial charge is 0.452 e. The van der Waals surface area contributed by atoms with Gasteiger partial charge in [-0.25, -0.2) is 17.6 Å². The lowest BCUT2D eigenvalue weighted by molar-refractivity contribution is -0.119. The second-order valence-corrected chi connectivity index (χ2v) is 9.01. The molecule has 4 rings (SSSR count). The zero-order chi connectivity index (χ0) is 23.0. The van der Waals surface area contributed by atoms with Gasteiger partial charge in [0.05, 0.1) is 15.4 Å². The summed E-state index contributed by atoms with van der Waals surface area (Å²) < 4.78 is 44.4. The first-order valence-corrected chi connectivity index (χ1v) is 10.9. The average Bonchev–Trinajstić information content (AvgIpc) is 2.78. The minimum Gasteiger partial charge on any atom is -0.452 e. The molecule has 32 heavy (non-hydrogen) atoms. The van der Waals surface area contributed by atoms with E-state index in [1.165, 1.54) is 42.5 Å². The van der Waals surface area contributed by atoms with Gasteiger partial charge in [-0.3, -0.25) is 9.59 Å². The second-order valence-electron chi connectivity index (χ2n) is 7.13. The lowest BCUT2D eigenvalue weighted by Gasteiger charge is -2.19. The van der Waals surface area contributed by atoms with E-state index in [2.05, 4.69) is 5.32 Å². The van der Waals surface area contributed by atoms with Crippen molar-refractivity contribution in [1.82, 2.24) is 0 Å². The van der Waals surface area contributed by atoms with Crippen molar-refractivity contribution in [2.75, 3.05) is 11.9 Å². The van der Waals surface area contributed by atoms with Crippen molar-refractivity contribution >= 4 is 33.2 Å². The van der Waals surface area contributed by atoms with Gasteiger partial charge in [0.25, 0.3) is 5.91 Å². The molecule has 1 aliphatic heterocycles. The van der Waals surface area contributed by atoms with Crippen molar-refractivity contribution in [1.29, 1.82) is 0 Å². The van der Waals surface area contributed by atoms with Crippen LogP contribution in [0.1, 0.15) is 31.8 Å². The highest BCUT2D eigenvalue weighted by Gasteiger charge is 2.35. The van der Waals surface area contributed by atoms with Gasteiger partial charge in [-0.15, -0.1) is 0 Å². The van der Waals surface area contributed by atoms with Crippen molar-refractivity contribution in [3.05, 3.63) is 88.7 Å². The first-order chi connectivity index (χ1) is 15.2. The maximum absolute atomic E-state index is 13.6. The topological polar surface area (TPSA) is 107 Å². The van der Waals surface area contributed by atoms with Crippen molar-refractivity contribution in [2.24, 2.45) is 0 Å². The van der Waals surface area contributed by atoms with Crippen LogP contribution in [0.15, 0.2) is 70.5 Å². The Hall–Kier alpha value is -3.85. The van der Waals surface area contributed by atoms with E-state index in [9.17, 15) is 27.2 Å². The molecule has 0 aromatic heterocycles. The third-order valence-electron chi connectivity index (χ3n) is 4.96. The van der Waals surface area contributed by atoms with Crippen molar-refractivity contribution < 1.29 is 31.9 Å². The number of rotatable bonds is 4. The van der Waals surface area contributed by atoms with Gasteiger partial charge in [0, 0.05) is 16.8 Å². The summed E-state index contributed by atoms with van der Waals surface area (Å²) in [6, 6.07) is 13.5. The van der Waals surface area contributed by atoms with Gasteiger partial charge in [0.2, 0.25) is 9.84 Å². The average molecular weight is 453 g/mol. The first-order valence-electron chi connectivity index (χ1n) is 9.44. The van der Waals surface area contributed by atoms with Crippen molar-refractivity contribution in [3.63, 3.8) is 0 Å². The number of amides is 1. The van der Waals surface area contributed by atoms with Crippen LogP contribution in [-0.4, -0.2) is 32.7 Å². The Bertz CT molecular complexity index is 1400. The lowest BCUT2D eigenvalue weighted by atomic mass is 10.0. The summed E-state index contributed by atoms with van der Waals surface area (Å²) in [6.07, 6.45) is 0. The first kappa shape index (κ1) is 21.4. The fourth-order valence-electron chi connectivity index (χ4n) is 3.29. The highest BCUT2D eigenvalue weighted by Crippen LogP contribution is 2.34. The number of carbonyl (C=O) groups excluding carboxylic acids is 3. The smallest absolute Gasteiger partial charge is 0.338 e. The third-order valence-corrected chi connectivity index (χ3v) is 6.81. The molecule has 0 saturated heterocycles. The maximum atomic E-state index is 13.6. The number of aryl methyl sites for hydroxylation is 1. The molecule has 0 bridgehead atoms. The zero-order valence-electron chi connectivity index (χ0n) is 16.7. The molecule has 0 fully saturated rings. The number of ketones is 1. The van der Waals surface area contributed by atoms with E-state index in [-0.39, 0.29) is 32.2 Å². The standard InChI is InChI=1S/C23H16FNO6S/c1-13-6-8-15(11-18(13)24)25-21(26)12-31-23(28)14-7-9-17-20(10-14)32(29,30)19-5-3-2-4-16(19)22(17)27/h2-11H,12H2,1H3,(H,25,26). The molecule has 1 N–H and O–H groups in total. The van der Waals surface area contributed by atoms with Crippen LogP contribution >= 0.6 is 0 Å². The fraction of sp³-hybridized carbons (Fsp3) is 0.0870.